The van der Waals surface area contributed by atoms with Crippen molar-refractivity contribution in [2.45, 2.75) is 32.1 Å². The third-order valence-corrected chi connectivity index (χ3v) is 2.71. The molecule has 1 atom stereocenters. The fourth-order valence-corrected chi connectivity index (χ4v) is 2.06. The van der Waals surface area contributed by atoms with Gasteiger partial charge in [0.2, 0.25) is 0 Å². The summed E-state index contributed by atoms with van der Waals surface area (Å²) in [5.41, 5.74) is 3.31. The lowest BCUT2D eigenvalue weighted by molar-refractivity contribution is 0.620. The van der Waals surface area contributed by atoms with Crippen LogP contribution in [0.25, 0.3) is 0 Å². The highest BCUT2D eigenvalue weighted by molar-refractivity contribution is 5.32. The van der Waals surface area contributed by atoms with Gasteiger partial charge in [0.15, 0.2) is 0 Å². The lowest BCUT2D eigenvalue weighted by Gasteiger charge is -2.26. The Balaban J connectivity index is 2.20. The first-order chi connectivity index (χ1) is 5.36. The van der Waals surface area contributed by atoms with E-state index in [2.05, 4.69) is 19.1 Å². The van der Waals surface area contributed by atoms with Crippen molar-refractivity contribution in [3.8, 4) is 0 Å². The molecular formula is C11H15-. The van der Waals surface area contributed by atoms with Crippen LogP contribution >= 0.6 is 0 Å². The van der Waals surface area contributed by atoms with E-state index in [4.69, 9.17) is 0 Å². The summed E-state index contributed by atoms with van der Waals surface area (Å²) in [5.74, 6) is 0.548. The second kappa shape index (κ2) is 2.84. The minimum atomic E-state index is 0.548. The fraction of sp³-hybridized carbons (Fsp3) is 0.545. The molecule has 0 spiro atoms. The summed E-state index contributed by atoms with van der Waals surface area (Å²) in [4.78, 5) is 0. The average Bonchev–Trinajstić information content (AvgIpc) is 2.04. The van der Waals surface area contributed by atoms with Crippen LogP contribution in [0.4, 0.5) is 0 Å². The van der Waals surface area contributed by atoms with Gasteiger partial charge in [-0.2, -0.15) is 0 Å². The Hall–Kier alpha value is -0.520. The first-order valence-corrected chi connectivity index (χ1v) is 4.58. The molecule has 11 heavy (non-hydrogen) atoms. The minimum Gasteiger partial charge on any atom is -0.336 e. The SMILES string of the molecule is [CH2-]C1C=CC2=C(CCCC2)C1. The predicted molar refractivity (Wildman–Crippen MR) is 48.1 cm³/mol. The lowest BCUT2D eigenvalue weighted by atomic mass is 9.82. The smallest absolute Gasteiger partial charge is 0.0279 e. The average molecular weight is 147 g/mol. The molecule has 0 N–H and O–H groups in total. The van der Waals surface area contributed by atoms with Gasteiger partial charge >= 0.3 is 0 Å². The van der Waals surface area contributed by atoms with Crippen LogP contribution in [0.5, 0.6) is 0 Å². The molecular weight excluding hydrogens is 132 g/mol. The quantitative estimate of drug-likeness (QED) is 0.461. The van der Waals surface area contributed by atoms with Crippen LogP contribution in [-0.4, -0.2) is 0 Å². The molecule has 0 nitrogen and oxygen atoms in total. The monoisotopic (exact) mass is 147 g/mol. The van der Waals surface area contributed by atoms with Gasteiger partial charge in [0.25, 0.3) is 0 Å². The van der Waals surface area contributed by atoms with Crippen molar-refractivity contribution in [3.63, 3.8) is 0 Å². The Kier molecular flexibility index (Phi) is 1.85. The van der Waals surface area contributed by atoms with Crippen LogP contribution in [0, 0.1) is 12.8 Å². The Morgan fingerprint density at radius 3 is 3.00 bits per heavy atom. The molecule has 2 aliphatic carbocycles. The van der Waals surface area contributed by atoms with Crippen LogP contribution in [0.2, 0.25) is 0 Å². The normalized spacial score (nSPS) is 30.5. The Labute approximate surface area is 69.0 Å². The van der Waals surface area contributed by atoms with E-state index in [0.29, 0.717) is 5.92 Å². The van der Waals surface area contributed by atoms with E-state index < -0.39 is 0 Å². The molecule has 0 aliphatic heterocycles. The molecule has 0 bridgehead atoms. The summed E-state index contributed by atoms with van der Waals surface area (Å²) >= 11 is 0. The molecule has 60 valence electrons. The summed E-state index contributed by atoms with van der Waals surface area (Å²) < 4.78 is 0. The van der Waals surface area contributed by atoms with Crippen molar-refractivity contribution >= 4 is 0 Å². The van der Waals surface area contributed by atoms with E-state index in [1.165, 1.54) is 32.1 Å². The standard InChI is InChI=1S/C11H15/c1-9-6-7-10-4-2-3-5-11(10)8-9/h6-7,9H,1-5,8H2/q-1. The molecule has 0 radical (unpaired) electrons. The highest BCUT2D eigenvalue weighted by Crippen LogP contribution is 2.33. The van der Waals surface area contributed by atoms with E-state index in [1.54, 1.807) is 11.1 Å². The van der Waals surface area contributed by atoms with Crippen molar-refractivity contribution in [2.24, 2.45) is 5.92 Å². The van der Waals surface area contributed by atoms with E-state index in [0.717, 1.165) is 0 Å². The van der Waals surface area contributed by atoms with Crippen LogP contribution in [0.15, 0.2) is 23.3 Å². The minimum absolute atomic E-state index is 0.548. The first kappa shape index (κ1) is 7.15. The summed E-state index contributed by atoms with van der Waals surface area (Å²) in [5, 5.41) is 0. The van der Waals surface area contributed by atoms with Gasteiger partial charge in [-0.15, -0.1) is 12.0 Å². The topological polar surface area (TPSA) is 0 Å². The summed E-state index contributed by atoms with van der Waals surface area (Å²) in [6.45, 7) is 4.07. The summed E-state index contributed by atoms with van der Waals surface area (Å²) in [6.07, 6.45) is 11.2. The molecule has 0 amide bonds. The molecule has 0 saturated carbocycles. The fourth-order valence-electron chi connectivity index (χ4n) is 2.06. The van der Waals surface area contributed by atoms with Gasteiger partial charge < -0.3 is 6.92 Å². The number of allylic oxidation sites excluding steroid dienone is 4. The Morgan fingerprint density at radius 2 is 2.09 bits per heavy atom. The molecule has 0 heterocycles. The first-order valence-electron chi connectivity index (χ1n) is 4.58. The van der Waals surface area contributed by atoms with Crippen molar-refractivity contribution < 1.29 is 0 Å². The van der Waals surface area contributed by atoms with Gasteiger partial charge in [-0.3, -0.25) is 0 Å². The van der Waals surface area contributed by atoms with Gasteiger partial charge in [0.05, 0.1) is 0 Å². The molecule has 0 aromatic heterocycles. The second-order valence-corrected chi connectivity index (χ2v) is 3.66. The van der Waals surface area contributed by atoms with Gasteiger partial charge in [-0.25, -0.2) is 0 Å². The van der Waals surface area contributed by atoms with Gasteiger partial charge in [0.1, 0.15) is 0 Å². The van der Waals surface area contributed by atoms with Crippen molar-refractivity contribution in [3.05, 3.63) is 30.2 Å². The molecule has 2 rings (SSSR count). The Bertz CT molecular complexity index is 208. The maximum atomic E-state index is 4.07. The zero-order chi connectivity index (χ0) is 7.68. The van der Waals surface area contributed by atoms with Crippen molar-refractivity contribution in [1.29, 1.82) is 0 Å². The molecule has 0 aromatic rings. The summed E-state index contributed by atoms with van der Waals surface area (Å²) in [7, 11) is 0. The molecule has 0 heteroatoms. The van der Waals surface area contributed by atoms with Crippen LogP contribution in [0.3, 0.4) is 0 Å². The van der Waals surface area contributed by atoms with E-state index in [9.17, 15) is 0 Å². The third-order valence-electron chi connectivity index (χ3n) is 2.71. The van der Waals surface area contributed by atoms with E-state index >= 15 is 0 Å². The van der Waals surface area contributed by atoms with Crippen molar-refractivity contribution in [1.82, 2.24) is 0 Å². The zero-order valence-electron chi connectivity index (χ0n) is 6.97. The van der Waals surface area contributed by atoms with E-state index in [1.807, 2.05) is 0 Å². The highest BCUT2D eigenvalue weighted by Gasteiger charge is 2.13. The van der Waals surface area contributed by atoms with Gasteiger partial charge in [-0.05, 0) is 31.3 Å². The predicted octanol–water partition coefficient (Wildman–Crippen LogP) is 3.27. The second-order valence-electron chi connectivity index (χ2n) is 3.66. The van der Waals surface area contributed by atoms with Gasteiger partial charge in [0, 0.05) is 0 Å². The number of hydrogen-bond acceptors (Lipinski definition) is 0. The molecule has 2 aliphatic rings. The number of hydrogen-bond donors (Lipinski definition) is 0. The molecule has 0 saturated heterocycles. The maximum absolute atomic E-state index is 4.07. The maximum Gasteiger partial charge on any atom is -0.0279 e. The summed E-state index contributed by atoms with van der Waals surface area (Å²) in [6, 6.07) is 0. The van der Waals surface area contributed by atoms with Crippen LogP contribution in [0.1, 0.15) is 32.1 Å². The molecule has 0 aromatic carbocycles. The largest absolute Gasteiger partial charge is 0.336 e. The van der Waals surface area contributed by atoms with Gasteiger partial charge in [-0.1, -0.05) is 18.1 Å². The zero-order valence-corrected chi connectivity index (χ0v) is 6.97. The Morgan fingerprint density at radius 1 is 1.27 bits per heavy atom. The third kappa shape index (κ3) is 1.40. The van der Waals surface area contributed by atoms with Crippen LogP contribution in [-0.2, 0) is 0 Å². The molecule has 1 unspecified atom stereocenters. The van der Waals surface area contributed by atoms with Crippen LogP contribution < -0.4 is 0 Å². The van der Waals surface area contributed by atoms with E-state index in [-0.39, 0.29) is 0 Å². The highest BCUT2D eigenvalue weighted by atomic mass is 14.2. The lowest BCUT2D eigenvalue weighted by Crippen LogP contribution is -2.06. The number of rotatable bonds is 0. The molecule has 0 fully saturated rings. The van der Waals surface area contributed by atoms with Crippen molar-refractivity contribution in [2.75, 3.05) is 0 Å².